The maximum atomic E-state index is 12.2. The second-order valence-electron chi connectivity index (χ2n) is 5.63. The van der Waals surface area contributed by atoms with E-state index in [1.807, 2.05) is 24.3 Å². The predicted octanol–water partition coefficient (Wildman–Crippen LogP) is 2.22. The molecule has 1 aliphatic rings. The molecule has 2 heterocycles. The Balaban J connectivity index is 1.63. The van der Waals surface area contributed by atoms with E-state index in [2.05, 4.69) is 27.5 Å². The van der Waals surface area contributed by atoms with E-state index >= 15 is 0 Å². The van der Waals surface area contributed by atoms with Gasteiger partial charge in [0.25, 0.3) is 5.91 Å². The maximum absolute atomic E-state index is 12.2. The molecule has 24 heavy (non-hydrogen) atoms. The molecule has 0 saturated carbocycles. The first-order valence-electron chi connectivity index (χ1n) is 7.76. The van der Waals surface area contributed by atoms with Crippen molar-refractivity contribution in [2.45, 2.75) is 19.3 Å². The van der Waals surface area contributed by atoms with Crippen LogP contribution in [-0.4, -0.2) is 34.6 Å². The van der Waals surface area contributed by atoms with Crippen LogP contribution in [0.5, 0.6) is 0 Å². The molecule has 0 atom stereocenters. The molecule has 1 aromatic carbocycles. The third-order valence-electron chi connectivity index (χ3n) is 3.79. The van der Waals surface area contributed by atoms with Crippen LogP contribution in [-0.2, 0) is 16.0 Å². The highest BCUT2D eigenvalue weighted by Crippen LogP contribution is 2.12. The number of nitrogens with zero attached hydrogens (tertiary/aromatic N) is 3. The number of rotatable bonds is 4. The number of hydrogen-bond donors (Lipinski definition) is 1. The van der Waals surface area contributed by atoms with Crippen LogP contribution in [0.3, 0.4) is 0 Å². The highest BCUT2D eigenvalue weighted by Gasteiger charge is 2.22. The van der Waals surface area contributed by atoms with Gasteiger partial charge < -0.3 is 5.32 Å². The van der Waals surface area contributed by atoms with Gasteiger partial charge >= 0.3 is 0 Å². The summed E-state index contributed by atoms with van der Waals surface area (Å²) in [7, 11) is 1.55. The van der Waals surface area contributed by atoms with Gasteiger partial charge in [-0.1, -0.05) is 36.4 Å². The molecular formula is C18H18N4O2. The molecule has 0 unspecified atom stereocenters. The van der Waals surface area contributed by atoms with E-state index < -0.39 is 0 Å². The van der Waals surface area contributed by atoms with Crippen molar-refractivity contribution in [3.63, 3.8) is 0 Å². The minimum atomic E-state index is -0.322. The molecule has 0 saturated heterocycles. The molecular weight excluding hydrogens is 304 g/mol. The molecule has 0 bridgehead atoms. The monoisotopic (exact) mass is 322 g/mol. The van der Waals surface area contributed by atoms with Crippen LogP contribution < -0.4 is 5.32 Å². The van der Waals surface area contributed by atoms with Crippen LogP contribution in [0.2, 0.25) is 0 Å². The van der Waals surface area contributed by atoms with Gasteiger partial charge in [-0.3, -0.25) is 9.59 Å². The molecule has 0 aliphatic carbocycles. The number of nitrogens with one attached hydrogen (secondary N) is 1. The fourth-order valence-corrected chi connectivity index (χ4v) is 2.46. The molecule has 3 rings (SSSR count). The van der Waals surface area contributed by atoms with Crippen molar-refractivity contribution < 1.29 is 9.59 Å². The normalized spacial score (nSPS) is 14.3. The van der Waals surface area contributed by atoms with Crippen molar-refractivity contribution in [1.82, 2.24) is 9.99 Å². The summed E-state index contributed by atoms with van der Waals surface area (Å²) in [5, 5.41) is 7.92. The number of hydrazone groups is 1. The van der Waals surface area contributed by atoms with Gasteiger partial charge in [0.05, 0.1) is 0 Å². The molecule has 6 heteroatoms. The van der Waals surface area contributed by atoms with Crippen LogP contribution in [0.4, 0.5) is 5.82 Å². The lowest BCUT2D eigenvalue weighted by Gasteiger charge is -2.18. The van der Waals surface area contributed by atoms with Gasteiger partial charge in [0.15, 0.2) is 0 Å². The van der Waals surface area contributed by atoms with Gasteiger partial charge in [-0.25, -0.2) is 9.99 Å². The largest absolute Gasteiger partial charge is 0.305 e. The Morgan fingerprint density at radius 2 is 1.92 bits per heavy atom. The first-order valence-corrected chi connectivity index (χ1v) is 7.76. The van der Waals surface area contributed by atoms with Crippen LogP contribution in [0, 0.1) is 0 Å². The van der Waals surface area contributed by atoms with E-state index in [-0.39, 0.29) is 11.8 Å². The molecule has 1 N–H and O–H groups in total. The minimum absolute atomic E-state index is 0.0880. The fourth-order valence-electron chi connectivity index (χ4n) is 2.46. The Bertz CT molecular complexity index is 769. The highest BCUT2D eigenvalue weighted by molar-refractivity contribution is 6.43. The summed E-state index contributed by atoms with van der Waals surface area (Å²) in [5.41, 5.74) is 2.62. The lowest BCUT2D eigenvalue weighted by Crippen LogP contribution is -2.34. The molecule has 2 amide bonds. The molecule has 1 aromatic heterocycles. The molecule has 2 aromatic rings. The van der Waals surface area contributed by atoms with Crippen LogP contribution in [0.15, 0.2) is 53.8 Å². The minimum Gasteiger partial charge on any atom is -0.305 e. The second kappa shape index (κ2) is 7.04. The maximum Gasteiger partial charge on any atom is 0.273 e. The molecule has 122 valence electrons. The Kier molecular flexibility index (Phi) is 4.65. The molecule has 0 fully saturated rings. The van der Waals surface area contributed by atoms with E-state index in [4.69, 9.17) is 0 Å². The molecule has 0 spiro atoms. The zero-order chi connectivity index (χ0) is 16.9. The van der Waals surface area contributed by atoms with Gasteiger partial charge in [-0.05, 0) is 23.6 Å². The zero-order valence-corrected chi connectivity index (χ0v) is 13.4. The number of anilines is 1. The molecule has 1 aliphatic heterocycles. The standard InChI is InChI=1S/C18H18N4O2/c1-22-17(23)10-8-15(21-22)18(24)20-16-9-7-14(12-19-16)11-13-5-3-2-4-6-13/h2-7,9,12H,8,10-11H2,1H3,(H,19,20,24). The SMILES string of the molecule is CN1N=C(C(=O)Nc2ccc(Cc3ccccc3)cn2)CCC1=O. The Morgan fingerprint density at radius 1 is 1.12 bits per heavy atom. The van der Waals surface area contributed by atoms with E-state index in [1.165, 1.54) is 10.6 Å². The Labute approximate surface area is 140 Å². The number of aromatic nitrogens is 1. The van der Waals surface area contributed by atoms with Crippen LogP contribution in [0.25, 0.3) is 0 Å². The summed E-state index contributed by atoms with van der Waals surface area (Å²) in [5.74, 6) is 0.0617. The average molecular weight is 322 g/mol. The highest BCUT2D eigenvalue weighted by atomic mass is 16.2. The summed E-state index contributed by atoms with van der Waals surface area (Å²) < 4.78 is 0. The van der Waals surface area contributed by atoms with Crippen molar-refractivity contribution in [3.8, 4) is 0 Å². The van der Waals surface area contributed by atoms with Gasteiger partial charge in [0.2, 0.25) is 5.91 Å². The summed E-state index contributed by atoms with van der Waals surface area (Å²) in [6, 6.07) is 13.8. The van der Waals surface area contributed by atoms with E-state index in [1.54, 1.807) is 19.3 Å². The predicted molar refractivity (Wildman–Crippen MR) is 91.6 cm³/mol. The first-order chi connectivity index (χ1) is 11.6. The molecule has 6 nitrogen and oxygen atoms in total. The van der Waals surface area contributed by atoms with Crippen molar-refractivity contribution in [2.24, 2.45) is 5.10 Å². The summed E-state index contributed by atoms with van der Waals surface area (Å²) >= 11 is 0. The number of pyridine rings is 1. The third kappa shape index (κ3) is 3.84. The zero-order valence-electron chi connectivity index (χ0n) is 13.4. The van der Waals surface area contributed by atoms with E-state index in [0.29, 0.717) is 24.4 Å². The number of hydrogen-bond acceptors (Lipinski definition) is 4. The second-order valence-corrected chi connectivity index (χ2v) is 5.63. The van der Waals surface area contributed by atoms with Crippen LogP contribution >= 0.6 is 0 Å². The fraction of sp³-hybridized carbons (Fsp3) is 0.222. The number of carbonyl (C=O) groups is 2. The smallest absolute Gasteiger partial charge is 0.273 e. The number of carbonyl (C=O) groups excluding carboxylic acids is 2. The van der Waals surface area contributed by atoms with Crippen molar-refractivity contribution in [1.29, 1.82) is 0 Å². The van der Waals surface area contributed by atoms with Gasteiger partial charge in [0, 0.05) is 26.1 Å². The van der Waals surface area contributed by atoms with Crippen molar-refractivity contribution in [3.05, 3.63) is 59.8 Å². The number of amides is 2. The molecule has 0 radical (unpaired) electrons. The summed E-state index contributed by atoms with van der Waals surface area (Å²) in [6.45, 7) is 0. The van der Waals surface area contributed by atoms with E-state index in [9.17, 15) is 9.59 Å². The van der Waals surface area contributed by atoms with E-state index in [0.717, 1.165) is 12.0 Å². The first kappa shape index (κ1) is 15.9. The van der Waals surface area contributed by atoms with Crippen LogP contribution in [0.1, 0.15) is 24.0 Å². The van der Waals surface area contributed by atoms with Crippen molar-refractivity contribution >= 4 is 23.3 Å². The Hall–Kier alpha value is -3.02. The third-order valence-corrected chi connectivity index (χ3v) is 3.79. The van der Waals surface area contributed by atoms with Crippen molar-refractivity contribution in [2.75, 3.05) is 12.4 Å². The lowest BCUT2D eigenvalue weighted by molar-refractivity contribution is -0.130. The van der Waals surface area contributed by atoms with Gasteiger partial charge in [-0.15, -0.1) is 0 Å². The lowest BCUT2D eigenvalue weighted by atomic mass is 10.1. The summed E-state index contributed by atoms with van der Waals surface area (Å²) in [4.78, 5) is 27.8. The average Bonchev–Trinajstić information content (AvgIpc) is 2.60. The summed E-state index contributed by atoms with van der Waals surface area (Å²) in [6.07, 6.45) is 3.19. The number of benzene rings is 1. The van der Waals surface area contributed by atoms with Gasteiger partial charge in [-0.2, -0.15) is 5.10 Å². The quantitative estimate of drug-likeness (QED) is 0.938. The topological polar surface area (TPSA) is 74.7 Å². The Morgan fingerprint density at radius 3 is 2.58 bits per heavy atom. The van der Waals surface area contributed by atoms with Gasteiger partial charge in [0.1, 0.15) is 11.5 Å².